The molecular weight excluding hydrogens is 380 g/mol. The van der Waals surface area contributed by atoms with E-state index in [9.17, 15) is 0 Å². The quantitative estimate of drug-likeness (QED) is 0.477. The molecule has 156 valence electrons. The Bertz CT molecular complexity index is 986. The van der Waals surface area contributed by atoms with E-state index >= 15 is 0 Å². The number of ether oxygens (including phenoxy) is 2. The van der Waals surface area contributed by atoms with E-state index < -0.39 is 0 Å². The average molecular weight is 406 g/mol. The summed E-state index contributed by atoms with van der Waals surface area (Å²) in [6.45, 7) is 4.46. The maximum absolute atomic E-state index is 5.80. The molecule has 2 N–H and O–H groups in total. The van der Waals surface area contributed by atoms with Crippen molar-refractivity contribution in [1.29, 1.82) is 0 Å². The molecule has 0 atom stereocenters. The van der Waals surface area contributed by atoms with Gasteiger partial charge in [0.2, 0.25) is 0 Å². The molecule has 7 nitrogen and oxygen atoms in total. The number of rotatable bonds is 6. The van der Waals surface area contributed by atoms with E-state index in [1.807, 2.05) is 55.5 Å². The Hall–Kier alpha value is -3.48. The van der Waals surface area contributed by atoms with Crippen LogP contribution < -0.4 is 20.1 Å². The summed E-state index contributed by atoms with van der Waals surface area (Å²) in [6.07, 6.45) is 3.32. The van der Waals surface area contributed by atoms with Gasteiger partial charge in [-0.25, -0.2) is 4.99 Å². The minimum atomic E-state index is 0.475. The maximum Gasteiger partial charge on any atom is 0.196 e. The molecule has 4 rings (SSSR count). The van der Waals surface area contributed by atoms with Gasteiger partial charge in [0.15, 0.2) is 17.5 Å². The van der Waals surface area contributed by atoms with Gasteiger partial charge in [0.25, 0.3) is 0 Å². The van der Waals surface area contributed by atoms with E-state index in [1.165, 1.54) is 0 Å². The smallest absolute Gasteiger partial charge is 0.196 e. The van der Waals surface area contributed by atoms with Crippen LogP contribution in [0.3, 0.4) is 0 Å². The normalized spacial score (nSPS) is 13.6. The minimum Gasteiger partial charge on any atom is -0.490 e. The van der Waals surface area contributed by atoms with Crippen molar-refractivity contribution in [1.82, 2.24) is 10.3 Å². The number of hydrogen-bond acceptors (Lipinski definition) is 5. The van der Waals surface area contributed by atoms with Gasteiger partial charge in [-0.15, -0.1) is 0 Å². The highest BCUT2D eigenvalue weighted by Crippen LogP contribution is 2.32. The summed E-state index contributed by atoms with van der Waals surface area (Å²) in [5.41, 5.74) is 2.77. The molecule has 0 aliphatic carbocycles. The third kappa shape index (κ3) is 5.53. The molecule has 0 saturated carbocycles. The summed E-state index contributed by atoms with van der Waals surface area (Å²) in [6, 6.07) is 15.6. The summed E-state index contributed by atoms with van der Waals surface area (Å²) >= 11 is 0. The monoisotopic (exact) mass is 406 g/mol. The van der Waals surface area contributed by atoms with E-state index in [0.717, 1.165) is 47.2 Å². The number of furan rings is 1. The lowest BCUT2D eigenvalue weighted by Gasteiger charge is -2.14. The Labute approximate surface area is 176 Å². The van der Waals surface area contributed by atoms with E-state index in [2.05, 4.69) is 15.6 Å². The molecule has 1 aliphatic heterocycles. The topological polar surface area (TPSA) is 80.9 Å². The summed E-state index contributed by atoms with van der Waals surface area (Å²) < 4.78 is 16.9. The molecule has 1 aliphatic rings. The van der Waals surface area contributed by atoms with Crippen LogP contribution >= 0.6 is 0 Å². The van der Waals surface area contributed by atoms with Crippen LogP contribution in [0.15, 0.2) is 64.2 Å². The standard InChI is InChI=1S/C23H26N4O3/c1-17-5-2-6-19(26-17)16-25-23(24-11-10-20-7-3-12-28-20)27-18-8-9-21-22(15-18)30-14-4-13-29-21/h2-3,5-9,12,15H,4,10-11,13-14,16H2,1H3,(H2,24,25,27). The molecule has 3 aromatic rings. The molecule has 0 radical (unpaired) electrons. The van der Waals surface area contributed by atoms with Crippen molar-refractivity contribution in [2.45, 2.75) is 26.3 Å². The summed E-state index contributed by atoms with van der Waals surface area (Å²) in [4.78, 5) is 9.24. The van der Waals surface area contributed by atoms with Crippen LogP contribution in [0.2, 0.25) is 0 Å². The Morgan fingerprint density at radius 3 is 2.80 bits per heavy atom. The van der Waals surface area contributed by atoms with Crippen molar-refractivity contribution in [3.63, 3.8) is 0 Å². The molecule has 1 aromatic carbocycles. The highest BCUT2D eigenvalue weighted by atomic mass is 16.5. The maximum atomic E-state index is 5.80. The van der Waals surface area contributed by atoms with Crippen LogP contribution in [0, 0.1) is 6.92 Å². The van der Waals surface area contributed by atoms with Gasteiger partial charge in [-0.3, -0.25) is 4.98 Å². The van der Waals surface area contributed by atoms with Crippen LogP contribution in [-0.2, 0) is 13.0 Å². The first kappa shape index (κ1) is 19.8. The summed E-state index contributed by atoms with van der Waals surface area (Å²) in [5.74, 6) is 3.11. The number of aliphatic imine (C=N–C) groups is 1. The highest BCUT2D eigenvalue weighted by molar-refractivity contribution is 5.93. The van der Waals surface area contributed by atoms with Crippen LogP contribution in [0.5, 0.6) is 11.5 Å². The minimum absolute atomic E-state index is 0.475. The second kappa shape index (κ2) is 9.82. The van der Waals surface area contributed by atoms with Crippen molar-refractivity contribution >= 4 is 11.6 Å². The SMILES string of the molecule is Cc1cccc(CN=C(NCCc2ccco2)Nc2ccc3c(c2)OCCCO3)n1. The van der Waals surface area contributed by atoms with Gasteiger partial charge in [0, 0.05) is 36.8 Å². The van der Waals surface area contributed by atoms with Crippen molar-refractivity contribution in [2.75, 3.05) is 25.1 Å². The summed E-state index contributed by atoms with van der Waals surface area (Å²) in [5, 5.41) is 6.72. The lowest BCUT2D eigenvalue weighted by Crippen LogP contribution is -2.32. The van der Waals surface area contributed by atoms with Crippen LogP contribution in [-0.4, -0.2) is 30.7 Å². The van der Waals surface area contributed by atoms with E-state index in [1.54, 1.807) is 6.26 Å². The molecule has 0 fully saturated rings. The fourth-order valence-electron chi connectivity index (χ4n) is 3.12. The van der Waals surface area contributed by atoms with Gasteiger partial charge in [0.05, 0.1) is 31.7 Å². The third-order valence-corrected chi connectivity index (χ3v) is 4.60. The number of anilines is 1. The van der Waals surface area contributed by atoms with Gasteiger partial charge in [-0.1, -0.05) is 6.07 Å². The predicted octanol–water partition coefficient (Wildman–Crippen LogP) is 3.94. The predicted molar refractivity (Wildman–Crippen MR) is 116 cm³/mol. The third-order valence-electron chi connectivity index (χ3n) is 4.60. The molecular formula is C23H26N4O3. The van der Waals surface area contributed by atoms with Crippen LogP contribution in [0.4, 0.5) is 5.69 Å². The number of guanidine groups is 1. The lowest BCUT2D eigenvalue weighted by atomic mass is 10.2. The van der Waals surface area contributed by atoms with E-state index in [-0.39, 0.29) is 0 Å². The van der Waals surface area contributed by atoms with Gasteiger partial charge in [-0.2, -0.15) is 0 Å². The second-order valence-corrected chi connectivity index (χ2v) is 7.03. The molecule has 0 spiro atoms. The number of nitrogens with one attached hydrogen (secondary N) is 2. The van der Waals surface area contributed by atoms with Crippen molar-refractivity contribution in [2.24, 2.45) is 4.99 Å². The van der Waals surface area contributed by atoms with Crippen LogP contribution in [0.25, 0.3) is 0 Å². The zero-order valence-corrected chi connectivity index (χ0v) is 17.1. The van der Waals surface area contributed by atoms with E-state index in [0.29, 0.717) is 32.3 Å². The molecule has 7 heteroatoms. The van der Waals surface area contributed by atoms with Gasteiger partial charge < -0.3 is 24.5 Å². The van der Waals surface area contributed by atoms with Gasteiger partial charge >= 0.3 is 0 Å². The average Bonchev–Trinajstić information content (AvgIpc) is 3.15. The number of aryl methyl sites for hydroxylation is 1. The Morgan fingerprint density at radius 2 is 1.97 bits per heavy atom. The lowest BCUT2D eigenvalue weighted by molar-refractivity contribution is 0.297. The van der Waals surface area contributed by atoms with Crippen molar-refractivity contribution in [3.05, 3.63) is 71.9 Å². The van der Waals surface area contributed by atoms with Crippen molar-refractivity contribution < 1.29 is 13.9 Å². The Kier molecular flexibility index (Phi) is 6.49. The second-order valence-electron chi connectivity index (χ2n) is 7.03. The molecule has 2 aromatic heterocycles. The summed E-state index contributed by atoms with van der Waals surface area (Å²) in [7, 11) is 0. The number of pyridine rings is 1. The number of aromatic nitrogens is 1. The number of benzene rings is 1. The van der Waals surface area contributed by atoms with Crippen molar-refractivity contribution in [3.8, 4) is 11.5 Å². The number of fused-ring (bicyclic) bond motifs is 1. The van der Waals surface area contributed by atoms with Gasteiger partial charge in [0.1, 0.15) is 5.76 Å². The molecule has 0 bridgehead atoms. The molecule has 0 unspecified atom stereocenters. The fourth-order valence-corrected chi connectivity index (χ4v) is 3.12. The highest BCUT2D eigenvalue weighted by Gasteiger charge is 2.11. The largest absolute Gasteiger partial charge is 0.490 e. The number of nitrogens with zero attached hydrogens (tertiary/aromatic N) is 2. The molecule has 30 heavy (non-hydrogen) atoms. The van der Waals surface area contributed by atoms with Gasteiger partial charge in [-0.05, 0) is 43.3 Å². The Morgan fingerprint density at radius 1 is 1.07 bits per heavy atom. The number of hydrogen-bond donors (Lipinski definition) is 2. The molecule has 0 saturated heterocycles. The first-order chi connectivity index (χ1) is 14.8. The fraction of sp³-hybridized carbons (Fsp3) is 0.304. The Balaban J connectivity index is 1.47. The molecule has 0 amide bonds. The first-order valence-electron chi connectivity index (χ1n) is 10.2. The first-order valence-corrected chi connectivity index (χ1v) is 10.2. The van der Waals surface area contributed by atoms with Crippen LogP contribution in [0.1, 0.15) is 23.6 Å². The molecule has 3 heterocycles. The zero-order valence-electron chi connectivity index (χ0n) is 17.1. The van der Waals surface area contributed by atoms with E-state index in [4.69, 9.17) is 18.9 Å². The zero-order chi connectivity index (χ0) is 20.6.